The normalized spacial score (nSPS) is 20.4. The van der Waals surface area contributed by atoms with Gasteiger partial charge in [0.2, 0.25) is 0 Å². The van der Waals surface area contributed by atoms with Crippen molar-refractivity contribution >= 4 is 22.7 Å². The summed E-state index contributed by atoms with van der Waals surface area (Å²) < 4.78 is 21.3. The summed E-state index contributed by atoms with van der Waals surface area (Å²) in [5.74, 6) is 6.09. The van der Waals surface area contributed by atoms with Crippen LogP contribution in [0.3, 0.4) is 0 Å². The highest BCUT2D eigenvalue weighted by Crippen LogP contribution is 2.22. The maximum atomic E-state index is 11.3. The Hall–Kier alpha value is -3.30. The highest BCUT2D eigenvalue weighted by molar-refractivity contribution is 5.85. The van der Waals surface area contributed by atoms with Gasteiger partial charge in [-0.1, -0.05) is 24.0 Å². The van der Waals surface area contributed by atoms with E-state index in [1.165, 1.54) is 13.8 Å². The third kappa shape index (κ3) is 5.59. The topological polar surface area (TPSA) is 71.1 Å². The van der Waals surface area contributed by atoms with Crippen LogP contribution in [0.5, 0.6) is 5.75 Å². The van der Waals surface area contributed by atoms with Crippen LogP contribution in [0.1, 0.15) is 19.4 Å². The Labute approximate surface area is 169 Å². The lowest BCUT2D eigenvalue weighted by Gasteiger charge is -2.29. The maximum Gasteiger partial charge on any atom is 0.303 e. The van der Waals surface area contributed by atoms with Crippen molar-refractivity contribution in [1.82, 2.24) is 0 Å². The Morgan fingerprint density at radius 2 is 1.79 bits per heavy atom. The lowest BCUT2D eigenvalue weighted by molar-refractivity contribution is -0.161. The molecule has 1 aliphatic rings. The molecule has 6 nitrogen and oxygen atoms in total. The molecule has 0 aromatic heterocycles. The highest BCUT2D eigenvalue weighted by Gasteiger charge is 2.30. The standard InChI is InChI=1S/C23H22O6/c1-15(24)27-14-23-22(28-16(2)25)11-10-20(29-23)8-5-17-4-6-19-13-21(26-3)9-7-18(19)12-17/h4,6-7,9-13,20,22-23H,14H2,1-3H3/t20-,22+,23-/m1/s1. The van der Waals surface area contributed by atoms with Crippen molar-refractivity contribution in [3.63, 3.8) is 0 Å². The predicted octanol–water partition coefficient (Wildman–Crippen LogP) is 3.02. The molecule has 0 spiro atoms. The van der Waals surface area contributed by atoms with Crippen LogP contribution in [-0.4, -0.2) is 44.0 Å². The number of ether oxygens (including phenoxy) is 4. The molecule has 0 unspecified atom stereocenters. The predicted molar refractivity (Wildman–Crippen MR) is 107 cm³/mol. The smallest absolute Gasteiger partial charge is 0.303 e. The van der Waals surface area contributed by atoms with E-state index >= 15 is 0 Å². The van der Waals surface area contributed by atoms with Gasteiger partial charge in [0, 0.05) is 19.4 Å². The molecule has 0 N–H and O–H groups in total. The number of benzene rings is 2. The average Bonchev–Trinajstić information content (AvgIpc) is 2.70. The second-order valence-corrected chi connectivity index (χ2v) is 6.55. The van der Waals surface area contributed by atoms with Gasteiger partial charge in [-0.2, -0.15) is 0 Å². The molecule has 0 saturated heterocycles. The first kappa shape index (κ1) is 20.4. The van der Waals surface area contributed by atoms with Crippen LogP contribution < -0.4 is 4.74 Å². The largest absolute Gasteiger partial charge is 0.497 e. The molecule has 0 fully saturated rings. The maximum absolute atomic E-state index is 11.3. The number of hydrogen-bond acceptors (Lipinski definition) is 6. The van der Waals surface area contributed by atoms with Gasteiger partial charge in [0.25, 0.3) is 0 Å². The van der Waals surface area contributed by atoms with Crippen LogP contribution in [-0.2, 0) is 23.8 Å². The van der Waals surface area contributed by atoms with Crippen molar-refractivity contribution in [2.24, 2.45) is 0 Å². The molecule has 0 amide bonds. The minimum Gasteiger partial charge on any atom is -0.497 e. The van der Waals surface area contributed by atoms with E-state index in [1.807, 2.05) is 36.4 Å². The zero-order chi connectivity index (χ0) is 20.8. The van der Waals surface area contributed by atoms with Crippen LogP contribution in [0.4, 0.5) is 0 Å². The minimum atomic E-state index is -0.624. The van der Waals surface area contributed by atoms with E-state index in [0.717, 1.165) is 22.1 Å². The first-order valence-electron chi connectivity index (χ1n) is 9.18. The third-order valence-corrected chi connectivity index (χ3v) is 4.32. The van der Waals surface area contributed by atoms with Crippen molar-refractivity contribution < 1.29 is 28.5 Å². The summed E-state index contributed by atoms with van der Waals surface area (Å²) in [6.45, 7) is 2.61. The highest BCUT2D eigenvalue weighted by atomic mass is 16.6. The van der Waals surface area contributed by atoms with Crippen LogP contribution in [0.15, 0.2) is 48.6 Å². The number of fused-ring (bicyclic) bond motifs is 1. The van der Waals surface area contributed by atoms with Gasteiger partial charge >= 0.3 is 11.9 Å². The molecule has 3 rings (SSSR count). The Balaban J connectivity index is 1.75. The molecule has 0 radical (unpaired) electrons. The van der Waals surface area contributed by atoms with Gasteiger partial charge in [-0.25, -0.2) is 0 Å². The molecule has 150 valence electrons. The van der Waals surface area contributed by atoms with Crippen LogP contribution in [0.2, 0.25) is 0 Å². The quantitative estimate of drug-likeness (QED) is 0.451. The molecule has 2 aromatic carbocycles. The van der Waals surface area contributed by atoms with Crippen LogP contribution >= 0.6 is 0 Å². The van der Waals surface area contributed by atoms with Gasteiger partial charge in [-0.3, -0.25) is 9.59 Å². The summed E-state index contributed by atoms with van der Waals surface area (Å²) in [5.41, 5.74) is 0.846. The fourth-order valence-electron chi connectivity index (χ4n) is 2.95. The minimum absolute atomic E-state index is 0.0202. The molecule has 0 saturated carbocycles. The zero-order valence-electron chi connectivity index (χ0n) is 16.5. The lowest BCUT2D eigenvalue weighted by atomic mass is 10.1. The van der Waals surface area contributed by atoms with Crippen molar-refractivity contribution in [3.05, 3.63) is 54.1 Å². The fraction of sp³-hybridized carbons (Fsp3) is 0.304. The summed E-state index contributed by atoms with van der Waals surface area (Å²) in [5, 5.41) is 2.12. The summed E-state index contributed by atoms with van der Waals surface area (Å²) in [6.07, 6.45) is 1.70. The number of carbonyl (C=O) groups is 2. The number of carbonyl (C=O) groups excluding carboxylic acids is 2. The second-order valence-electron chi connectivity index (χ2n) is 6.55. The number of hydrogen-bond donors (Lipinski definition) is 0. The first-order valence-corrected chi connectivity index (χ1v) is 9.18. The monoisotopic (exact) mass is 394 g/mol. The molecule has 1 heterocycles. The summed E-state index contributed by atoms with van der Waals surface area (Å²) >= 11 is 0. The third-order valence-electron chi connectivity index (χ3n) is 4.32. The Bertz CT molecular complexity index is 997. The Kier molecular flexibility index (Phi) is 6.53. The van der Waals surface area contributed by atoms with Gasteiger partial charge < -0.3 is 18.9 Å². The van der Waals surface area contributed by atoms with E-state index in [-0.39, 0.29) is 6.61 Å². The van der Waals surface area contributed by atoms with Crippen LogP contribution in [0.25, 0.3) is 10.8 Å². The molecule has 3 atom stereocenters. The van der Waals surface area contributed by atoms with E-state index in [0.29, 0.717) is 0 Å². The van der Waals surface area contributed by atoms with E-state index in [1.54, 1.807) is 19.3 Å². The van der Waals surface area contributed by atoms with Gasteiger partial charge in [0.05, 0.1) is 7.11 Å². The van der Waals surface area contributed by atoms with Crippen molar-refractivity contribution in [3.8, 4) is 17.6 Å². The lowest BCUT2D eigenvalue weighted by Crippen LogP contribution is -2.41. The Morgan fingerprint density at radius 3 is 2.52 bits per heavy atom. The molecule has 0 bridgehead atoms. The van der Waals surface area contributed by atoms with Crippen molar-refractivity contribution in [2.75, 3.05) is 13.7 Å². The van der Waals surface area contributed by atoms with Gasteiger partial charge in [0.1, 0.15) is 30.7 Å². The van der Waals surface area contributed by atoms with Crippen molar-refractivity contribution in [2.45, 2.75) is 32.2 Å². The average molecular weight is 394 g/mol. The van der Waals surface area contributed by atoms with E-state index in [2.05, 4.69) is 11.8 Å². The molecule has 2 aromatic rings. The fourth-order valence-corrected chi connectivity index (χ4v) is 2.95. The molecular formula is C23H22O6. The Morgan fingerprint density at radius 1 is 1.03 bits per heavy atom. The zero-order valence-corrected chi connectivity index (χ0v) is 16.5. The van der Waals surface area contributed by atoms with E-state index in [4.69, 9.17) is 18.9 Å². The van der Waals surface area contributed by atoms with E-state index < -0.39 is 30.3 Å². The molecular weight excluding hydrogens is 372 g/mol. The molecule has 29 heavy (non-hydrogen) atoms. The summed E-state index contributed by atoms with van der Waals surface area (Å²) in [4.78, 5) is 22.4. The van der Waals surface area contributed by atoms with Crippen molar-refractivity contribution in [1.29, 1.82) is 0 Å². The SMILES string of the molecule is COc1ccc2cc(C#C[C@@H]3C=C[C@H](OC(C)=O)[C@@H](COC(C)=O)O3)ccc2c1. The number of methoxy groups -OCH3 is 1. The van der Waals surface area contributed by atoms with Gasteiger partial charge in [-0.15, -0.1) is 0 Å². The summed E-state index contributed by atoms with van der Waals surface area (Å²) in [6, 6.07) is 11.8. The summed E-state index contributed by atoms with van der Waals surface area (Å²) in [7, 11) is 1.64. The molecule has 0 aliphatic carbocycles. The van der Waals surface area contributed by atoms with Crippen LogP contribution in [0, 0.1) is 11.8 Å². The van der Waals surface area contributed by atoms with Gasteiger partial charge in [-0.05, 0) is 47.2 Å². The molecule has 6 heteroatoms. The van der Waals surface area contributed by atoms with Gasteiger partial charge in [0.15, 0.2) is 0 Å². The first-order chi connectivity index (χ1) is 13.9. The molecule has 1 aliphatic heterocycles. The van der Waals surface area contributed by atoms with E-state index in [9.17, 15) is 9.59 Å². The number of rotatable bonds is 4. The number of esters is 2. The second kappa shape index (κ2) is 9.26.